The molecule has 0 heterocycles. The summed E-state index contributed by atoms with van der Waals surface area (Å²) >= 11 is 0. The first-order valence-corrected chi connectivity index (χ1v) is 7.33. The molecule has 148 valence electrons. The molecule has 0 fully saturated rings. The Hall–Kier alpha value is -0.780. The van der Waals surface area contributed by atoms with Gasteiger partial charge in [0.25, 0.3) is 10.1 Å². The van der Waals surface area contributed by atoms with Crippen molar-refractivity contribution in [2.75, 3.05) is 0 Å². The molecule has 0 aromatic carbocycles. The second-order valence-corrected chi connectivity index (χ2v) is 6.02. The zero-order valence-corrected chi connectivity index (χ0v) is 18.9. The van der Waals surface area contributed by atoms with Crippen LogP contribution in [0.15, 0.2) is 0 Å². The van der Waals surface area contributed by atoms with Crippen LogP contribution in [0.3, 0.4) is 0 Å². The van der Waals surface area contributed by atoms with E-state index in [2.05, 4.69) is 0 Å². The third-order valence-corrected chi connectivity index (χ3v) is 3.37. The van der Waals surface area contributed by atoms with Crippen LogP contribution in [0.1, 0.15) is 22.1 Å². The SMILES string of the molecule is O=C(O)CC(C(=O)O)S(=O)(=O)O.O=C(O)CC(O)(CC(=O)O)C(=O)O.[H-].[H-].[Na+].[Na+]. The van der Waals surface area contributed by atoms with Crippen molar-refractivity contribution < 1.29 is 130 Å². The van der Waals surface area contributed by atoms with Crippen molar-refractivity contribution in [3.05, 3.63) is 0 Å². The standard InChI is InChI=1S/C6H8O7.C4H6O7S.2Na.2H/c7-3(8)1-6(13,5(11)12)2-4(9)10;5-3(6)1-2(4(7)8)12(9,10)11;;;;/h13H,1-2H2,(H,7,8)(H,9,10)(H,11,12);2H,1H2,(H,5,6)(H,7,8)(H,9,10,11);;;;/q;;2*+1;2*-1. The second-order valence-electron chi connectivity index (χ2n) is 4.42. The van der Waals surface area contributed by atoms with Gasteiger partial charge in [-0.25, -0.2) is 4.79 Å². The maximum atomic E-state index is 10.3. The molecule has 1 unspecified atom stereocenters. The molecular weight excluding hydrogens is 422 g/mol. The number of carbonyl (C=O) groups is 5. The first-order valence-electron chi connectivity index (χ1n) is 5.83. The molecule has 0 aromatic rings. The van der Waals surface area contributed by atoms with Crippen LogP contribution in [0.2, 0.25) is 0 Å². The molecule has 0 aliphatic rings. The minimum Gasteiger partial charge on any atom is -1.00 e. The van der Waals surface area contributed by atoms with Crippen molar-refractivity contribution in [3.63, 3.8) is 0 Å². The zero-order valence-electron chi connectivity index (χ0n) is 16.1. The molecule has 0 aromatic heterocycles. The van der Waals surface area contributed by atoms with Crippen LogP contribution < -0.4 is 59.1 Å². The number of rotatable bonds is 9. The Bertz CT molecular complexity index is 651. The van der Waals surface area contributed by atoms with Crippen molar-refractivity contribution in [1.29, 1.82) is 0 Å². The molecule has 0 spiro atoms. The predicted octanol–water partition coefficient (Wildman–Crippen LogP) is -8.21. The van der Waals surface area contributed by atoms with E-state index in [-0.39, 0.29) is 62.0 Å². The van der Waals surface area contributed by atoms with Gasteiger partial charge in [-0.15, -0.1) is 0 Å². The van der Waals surface area contributed by atoms with Gasteiger partial charge in [0.2, 0.25) is 0 Å². The Morgan fingerprint density at radius 3 is 1.26 bits per heavy atom. The molecule has 17 heteroatoms. The van der Waals surface area contributed by atoms with E-state index in [0.717, 1.165) is 0 Å². The quantitative estimate of drug-likeness (QED) is 0.130. The first kappa shape index (κ1) is 33.8. The summed E-state index contributed by atoms with van der Waals surface area (Å²) in [5, 5.41) is 47.7. The number of carboxylic acid groups (broad SMARTS) is 5. The third kappa shape index (κ3) is 15.9. The van der Waals surface area contributed by atoms with E-state index in [1.54, 1.807) is 0 Å². The van der Waals surface area contributed by atoms with E-state index in [9.17, 15) is 32.4 Å². The van der Waals surface area contributed by atoms with Gasteiger partial charge in [0.1, 0.15) is 0 Å². The van der Waals surface area contributed by atoms with Crippen molar-refractivity contribution >= 4 is 40.0 Å². The molecule has 0 aliphatic heterocycles. The van der Waals surface area contributed by atoms with Gasteiger partial charge in [0.15, 0.2) is 10.9 Å². The van der Waals surface area contributed by atoms with Gasteiger partial charge in [-0.1, -0.05) is 0 Å². The summed E-state index contributed by atoms with van der Waals surface area (Å²) < 4.78 is 28.7. The van der Waals surface area contributed by atoms with Crippen molar-refractivity contribution in [2.45, 2.75) is 30.1 Å². The van der Waals surface area contributed by atoms with Crippen LogP contribution >= 0.6 is 0 Å². The molecule has 0 bridgehead atoms. The Balaban J connectivity index is -0.0000000803. The predicted molar refractivity (Wildman–Crippen MR) is 74.5 cm³/mol. The van der Waals surface area contributed by atoms with Crippen LogP contribution in [-0.2, 0) is 34.1 Å². The molecular formula is C10H16Na2O14S. The molecule has 0 rings (SSSR count). The number of hydrogen-bond donors (Lipinski definition) is 7. The van der Waals surface area contributed by atoms with Gasteiger partial charge < -0.3 is 33.5 Å². The van der Waals surface area contributed by atoms with E-state index >= 15 is 0 Å². The largest absolute Gasteiger partial charge is 1.00 e. The van der Waals surface area contributed by atoms with E-state index in [0.29, 0.717) is 0 Å². The number of hydrogen-bond acceptors (Lipinski definition) is 8. The summed E-state index contributed by atoms with van der Waals surface area (Å²) in [4.78, 5) is 50.5. The molecule has 1 atom stereocenters. The molecule has 0 aliphatic carbocycles. The average Bonchev–Trinajstić information content (AvgIpc) is 2.32. The number of aliphatic carboxylic acids is 5. The minimum absolute atomic E-state index is 0. The van der Waals surface area contributed by atoms with Crippen LogP contribution in [0, 0.1) is 0 Å². The Kier molecular flexibility index (Phi) is 17.8. The molecule has 0 saturated carbocycles. The van der Waals surface area contributed by atoms with E-state index < -0.39 is 70.1 Å². The van der Waals surface area contributed by atoms with Crippen LogP contribution in [-0.4, -0.2) is 84.3 Å². The van der Waals surface area contributed by atoms with Gasteiger partial charge >= 0.3 is 89.0 Å². The van der Waals surface area contributed by atoms with Crippen LogP contribution in [0.4, 0.5) is 0 Å². The fraction of sp³-hybridized carbons (Fsp3) is 0.500. The molecule has 0 radical (unpaired) electrons. The Labute approximate surface area is 198 Å². The topological polar surface area (TPSA) is 261 Å². The van der Waals surface area contributed by atoms with Crippen LogP contribution in [0.5, 0.6) is 0 Å². The monoisotopic (exact) mass is 438 g/mol. The fourth-order valence-corrected chi connectivity index (χ4v) is 1.80. The average molecular weight is 438 g/mol. The van der Waals surface area contributed by atoms with E-state index in [1.807, 2.05) is 0 Å². The number of aliphatic hydroxyl groups is 1. The first-order chi connectivity index (χ1) is 11.0. The Morgan fingerprint density at radius 2 is 1.15 bits per heavy atom. The maximum Gasteiger partial charge on any atom is 1.00 e. The summed E-state index contributed by atoms with van der Waals surface area (Å²) in [5.74, 6) is -8.52. The van der Waals surface area contributed by atoms with Crippen LogP contribution in [0.25, 0.3) is 0 Å². The summed E-state index contributed by atoms with van der Waals surface area (Å²) in [6.07, 6.45) is -3.45. The summed E-state index contributed by atoms with van der Waals surface area (Å²) in [6, 6.07) is 0. The van der Waals surface area contributed by atoms with Crippen molar-refractivity contribution in [1.82, 2.24) is 0 Å². The van der Waals surface area contributed by atoms with Crippen molar-refractivity contribution in [3.8, 4) is 0 Å². The Morgan fingerprint density at radius 1 is 0.815 bits per heavy atom. The molecule has 14 nitrogen and oxygen atoms in total. The minimum atomic E-state index is -4.84. The zero-order chi connectivity index (χ0) is 20.6. The molecule has 27 heavy (non-hydrogen) atoms. The van der Waals surface area contributed by atoms with Gasteiger partial charge in [0, 0.05) is 0 Å². The number of carboxylic acids is 5. The maximum absolute atomic E-state index is 10.3. The van der Waals surface area contributed by atoms with Crippen molar-refractivity contribution in [2.24, 2.45) is 0 Å². The van der Waals surface area contributed by atoms with Gasteiger partial charge in [-0.3, -0.25) is 23.7 Å². The normalized spacial score (nSPS) is 11.3. The summed E-state index contributed by atoms with van der Waals surface area (Å²) in [6.45, 7) is 0. The summed E-state index contributed by atoms with van der Waals surface area (Å²) in [7, 11) is -4.84. The molecule has 0 amide bonds. The van der Waals surface area contributed by atoms with Gasteiger partial charge in [0.05, 0.1) is 19.3 Å². The van der Waals surface area contributed by atoms with Gasteiger partial charge in [-0.2, -0.15) is 8.42 Å². The van der Waals surface area contributed by atoms with Gasteiger partial charge in [-0.05, 0) is 0 Å². The third-order valence-electron chi connectivity index (χ3n) is 2.28. The van der Waals surface area contributed by atoms with E-state index in [1.165, 1.54) is 0 Å². The smallest absolute Gasteiger partial charge is 1.00 e. The van der Waals surface area contributed by atoms with E-state index in [4.69, 9.17) is 35.2 Å². The fourth-order valence-electron chi connectivity index (χ4n) is 1.19. The molecule has 0 saturated heterocycles. The molecule has 7 N–H and O–H groups in total. The second kappa shape index (κ2) is 14.3. The summed E-state index contributed by atoms with van der Waals surface area (Å²) in [5.41, 5.74) is -2.74.